The number of aliphatic hydroxyl groups is 1. The van der Waals surface area contributed by atoms with E-state index in [2.05, 4.69) is 17.1 Å². The highest BCUT2D eigenvalue weighted by atomic mass is 16.3. The Morgan fingerprint density at radius 1 is 1.47 bits per heavy atom. The summed E-state index contributed by atoms with van der Waals surface area (Å²) in [5.74, 6) is 0.0722. The number of rotatable bonds is 4. The molecule has 0 saturated carbocycles. The Labute approximate surface area is 91.6 Å². The molecule has 0 radical (unpaired) electrons. The van der Waals surface area contributed by atoms with Gasteiger partial charge in [-0.2, -0.15) is 0 Å². The van der Waals surface area contributed by atoms with Gasteiger partial charge in [-0.15, -0.1) is 0 Å². The highest BCUT2D eigenvalue weighted by Crippen LogP contribution is 2.33. The van der Waals surface area contributed by atoms with Crippen LogP contribution in [0.2, 0.25) is 0 Å². The maximum Gasteiger partial charge on any atom is 0.233 e. The zero-order valence-corrected chi connectivity index (χ0v) is 9.75. The van der Waals surface area contributed by atoms with Crippen LogP contribution in [0, 0.1) is 5.41 Å². The molecule has 4 nitrogen and oxygen atoms in total. The van der Waals surface area contributed by atoms with Gasteiger partial charge in [-0.25, -0.2) is 0 Å². The third-order valence-electron chi connectivity index (χ3n) is 3.65. The second-order valence-corrected chi connectivity index (χ2v) is 4.46. The van der Waals surface area contributed by atoms with Crippen molar-refractivity contribution in [3.05, 3.63) is 0 Å². The van der Waals surface area contributed by atoms with Crippen molar-refractivity contribution in [3.63, 3.8) is 0 Å². The fourth-order valence-electron chi connectivity index (χ4n) is 2.09. The van der Waals surface area contributed by atoms with E-state index >= 15 is 0 Å². The fourth-order valence-corrected chi connectivity index (χ4v) is 2.09. The Kier molecular flexibility index (Phi) is 4.54. The molecule has 88 valence electrons. The van der Waals surface area contributed by atoms with Gasteiger partial charge in [0.25, 0.3) is 0 Å². The van der Waals surface area contributed by atoms with E-state index in [9.17, 15) is 9.90 Å². The quantitative estimate of drug-likeness (QED) is 0.704. The Morgan fingerprint density at radius 2 is 2.07 bits per heavy atom. The van der Waals surface area contributed by atoms with Crippen molar-refractivity contribution in [1.29, 1.82) is 0 Å². The molecule has 0 unspecified atom stereocenters. The first kappa shape index (κ1) is 12.5. The maximum absolute atomic E-state index is 11.2. The summed E-state index contributed by atoms with van der Waals surface area (Å²) in [6.07, 6.45) is 3.02. The summed E-state index contributed by atoms with van der Waals surface area (Å²) >= 11 is 0. The van der Waals surface area contributed by atoms with Crippen molar-refractivity contribution >= 4 is 5.91 Å². The molecule has 0 aromatic rings. The van der Waals surface area contributed by atoms with Crippen LogP contribution < -0.4 is 5.32 Å². The molecule has 1 fully saturated rings. The van der Waals surface area contributed by atoms with Crippen LogP contribution in [0.25, 0.3) is 0 Å². The smallest absolute Gasteiger partial charge is 0.233 e. The lowest BCUT2D eigenvalue weighted by Crippen LogP contribution is -2.45. The molecule has 0 aliphatic carbocycles. The number of likely N-dealkylation sites (N-methyl/N-ethyl adjacent to an activating group) is 1. The minimum atomic E-state index is 0.0722. The van der Waals surface area contributed by atoms with E-state index in [0.29, 0.717) is 6.54 Å². The summed E-state index contributed by atoms with van der Waals surface area (Å²) in [7, 11) is 1.66. The molecule has 0 aromatic heterocycles. The predicted octanol–water partition coefficient (Wildman–Crippen LogP) is 0.217. The number of nitrogens with one attached hydrogen (secondary N) is 1. The molecular formula is C11H22N2O2. The van der Waals surface area contributed by atoms with Gasteiger partial charge in [-0.1, -0.05) is 6.92 Å². The third-order valence-corrected chi connectivity index (χ3v) is 3.65. The number of amides is 1. The van der Waals surface area contributed by atoms with Crippen LogP contribution in [0.5, 0.6) is 0 Å². The lowest BCUT2D eigenvalue weighted by Gasteiger charge is -2.39. The highest BCUT2D eigenvalue weighted by molar-refractivity contribution is 5.77. The van der Waals surface area contributed by atoms with E-state index in [0.717, 1.165) is 32.4 Å². The number of carbonyl (C=O) groups excluding carboxylic acids is 1. The van der Waals surface area contributed by atoms with Gasteiger partial charge in [0.15, 0.2) is 0 Å². The molecule has 0 spiro atoms. The minimum Gasteiger partial charge on any atom is -0.396 e. The molecule has 15 heavy (non-hydrogen) atoms. The van der Waals surface area contributed by atoms with E-state index in [4.69, 9.17) is 0 Å². The maximum atomic E-state index is 11.2. The van der Waals surface area contributed by atoms with Crippen molar-refractivity contribution < 1.29 is 9.90 Å². The van der Waals surface area contributed by atoms with Gasteiger partial charge in [0.05, 0.1) is 6.54 Å². The van der Waals surface area contributed by atoms with Gasteiger partial charge in [-0.05, 0) is 37.8 Å². The summed E-state index contributed by atoms with van der Waals surface area (Å²) in [5.41, 5.74) is 0.110. The molecule has 1 heterocycles. The number of likely N-dealkylation sites (tertiary alicyclic amines) is 1. The van der Waals surface area contributed by atoms with Gasteiger partial charge in [0.2, 0.25) is 5.91 Å². The van der Waals surface area contributed by atoms with Crippen LogP contribution >= 0.6 is 0 Å². The lowest BCUT2D eigenvalue weighted by atomic mass is 9.77. The molecule has 1 amide bonds. The van der Waals surface area contributed by atoms with Gasteiger partial charge in [0.1, 0.15) is 0 Å². The summed E-state index contributed by atoms with van der Waals surface area (Å²) in [5, 5.41) is 12.0. The second-order valence-electron chi connectivity index (χ2n) is 4.46. The van der Waals surface area contributed by atoms with Crippen molar-refractivity contribution in [2.45, 2.75) is 26.2 Å². The van der Waals surface area contributed by atoms with E-state index in [1.807, 2.05) is 0 Å². The van der Waals surface area contributed by atoms with Crippen molar-refractivity contribution in [3.8, 4) is 0 Å². The largest absolute Gasteiger partial charge is 0.396 e. The van der Waals surface area contributed by atoms with Crippen LogP contribution in [-0.2, 0) is 4.79 Å². The van der Waals surface area contributed by atoms with Gasteiger partial charge >= 0.3 is 0 Å². The highest BCUT2D eigenvalue weighted by Gasteiger charge is 2.32. The third kappa shape index (κ3) is 3.18. The summed E-state index contributed by atoms with van der Waals surface area (Å²) in [6, 6.07) is 0. The lowest BCUT2D eigenvalue weighted by molar-refractivity contribution is -0.122. The average Bonchev–Trinajstić information content (AvgIpc) is 2.30. The van der Waals surface area contributed by atoms with E-state index in [1.165, 1.54) is 0 Å². The topological polar surface area (TPSA) is 52.6 Å². The van der Waals surface area contributed by atoms with Crippen LogP contribution in [-0.4, -0.2) is 49.2 Å². The van der Waals surface area contributed by atoms with E-state index in [1.54, 1.807) is 7.05 Å². The number of piperidine rings is 1. The second kappa shape index (κ2) is 5.47. The molecule has 0 bridgehead atoms. The first-order valence-corrected chi connectivity index (χ1v) is 5.69. The monoisotopic (exact) mass is 214 g/mol. The molecule has 1 saturated heterocycles. The van der Waals surface area contributed by atoms with Crippen LogP contribution in [0.15, 0.2) is 0 Å². The van der Waals surface area contributed by atoms with Crippen molar-refractivity contribution in [1.82, 2.24) is 10.2 Å². The number of carbonyl (C=O) groups is 1. The number of aliphatic hydroxyl groups excluding tert-OH is 1. The predicted molar refractivity (Wildman–Crippen MR) is 59.6 cm³/mol. The van der Waals surface area contributed by atoms with E-state index in [-0.39, 0.29) is 17.9 Å². The molecule has 1 aliphatic rings. The SMILES string of the molecule is CCC1(CO)CCN(CC(=O)NC)CC1. The summed E-state index contributed by atoms with van der Waals surface area (Å²) in [6.45, 7) is 4.73. The van der Waals surface area contributed by atoms with Gasteiger partial charge in [-0.3, -0.25) is 9.69 Å². The molecule has 4 heteroatoms. The van der Waals surface area contributed by atoms with Crippen LogP contribution in [0.3, 0.4) is 0 Å². The normalized spacial score (nSPS) is 21.3. The average molecular weight is 214 g/mol. The molecule has 0 aromatic carbocycles. The standard InChI is InChI=1S/C11H22N2O2/c1-3-11(9-14)4-6-13(7-5-11)8-10(15)12-2/h14H,3-9H2,1-2H3,(H,12,15). The Balaban J connectivity index is 2.38. The van der Waals surface area contributed by atoms with Gasteiger partial charge in [0, 0.05) is 13.7 Å². The number of hydrogen-bond donors (Lipinski definition) is 2. The Hall–Kier alpha value is -0.610. The molecule has 2 N–H and O–H groups in total. The molecular weight excluding hydrogens is 192 g/mol. The molecule has 0 atom stereocenters. The van der Waals surface area contributed by atoms with Gasteiger partial charge < -0.3 is 10.4 Å². The fraction of sp³-hybridized carbons (Fsp3) is 0.909. The minimum absolute atomic E-state index is 0.0722. The zero-order chi connectivity index (χ0) is 11.3. The molecule has 1 rings (SSSR count). The number of nitrogens with zero attached hydrogens (tertiary/aromatic N) is 1. The Morgan fingerprint density at radius 3 is 2.47 bits per heavy atom. The van der Waals surface area contributed by atoms with E-state index < -0.39 is 0 Å². The van der Waals surface area contributed by atoms with Crippen LogP contribution in [0.4, 0.5) is 0 Å². The summed E-state index contributed by atoms with van der Waals surface area (Å²) in [4.78, 5) is 13.3. The Bertz CT molecular complexity index is 205. The first-order chi connectivity index (χ1) is 7.15. The zero-order valence-electron chi connectivity index (χ0n) is 9.75. The van der Waals surface area contributed by atoms with Crippen molar-refractivity contribution in [2.24, 2.45) is 5.41 Å². The van der Waals surface area contributed by atoms with Crippen LogP contribution in [0.1, 0.15) is 26.2 Å². The number of hydrogen-bond acceptors (Lipinski definition) is 3. The summed E-state index contributed by atoms with van der Waals surface area (Å²) < 4.78 is 0. The van der Waals surface area contributed by atoms with Crippen molar-refractivity contribution in [2.75, 3.05) is 33.3 Å². The molecule has 1 aliphatic heterocycles. The first-order valence-electron chi connectivity index (χ1n) is 5.69.